The molecule has 0 saturated carbocycles. The first-order valence-corrected chi connectivity index (χ1v) is 8.89. The summed E-state index contributed by atoms with van der Waals surface area (Å²) in [5, 5.41) is 13.0. The van der Waals surface area contributed by atoms with Crippen molar-refractivity contribution >= 4 is 5.91 Å². The Morgan fingerprint density at radius 2 is 2.19 bits per heavy atom. The van der Waals surface area contributed by atoms with E-state index in [2.05, 4.69) is 5.16 Å². The fourth-order valence-corrected chi connectivity index (χ4v) is 3.29. The molecule has 1 unspecified atom stereocenters. The Balaban J connectivity index is 1.34. The van der Waals surface area contributed by atoms with Gasteiger partial charge in [0.05, 0.1) is 25.3 Å². The van der Waals surface area contributed by atoms with Gasteiger partial charge in [-0.3, -0.25) is 4.79 Å². The molecular weight excluding hydrogens is 336 g/mol. The SMILES string of the molecule is O=C(Cc1ccccc1OC1CCOC1)N1CC(c2cc(CO)on2)C1. The van der Waals surface area contributed by atoms with Crippen LogP contribution in [0, 0.1) is 0 Å². The van der Waals surface area contributed by atoms with Crippen LogP contribution in [0.2, 0.25) is 0 Å². The first-order chi connectivity index (χ1) is 12.7. The van der Waals surface area contributed by atoms with Gasteiger partial charge in [0.2, 0.25) is 5.91 Å². The normalized spacial score (nSPS) is 20.2. The molecule has 1 aromatic heterocycles. The number of carbonyl (C=O) groups excluding carboxylic acids is 1. The molecule has 2 aliphatic heterocycles. The number of aliphatic hydroxyl groups excluding tert-OH is 1. The zero-order valence-corrected chi connectivity index (χ0v) is 14.5. The van der Waals surface area contributed by atoms with E-state index < -0.39 is 0 Å². The van der Waals surface area contributed by atoms with Crippen molar-refractivity contribution in [3.8, 4) is 5.75 Å². The van der Waals surface area contributed by atoms with Gasteiger partial charge in [-0.2, -0.15) is 0 Å². The standard InChI is InChI=1S/C19H22N2O5/c22-11-16-8-17(20-26-16)14-9-21(10-14)19(23)7-13-3-1-2-4-18(13)25-15-5-6-24-12-15/h1-4,8,14-15,22H,5-7,9-12H2. The molecule has 2 saturated heterocycles. The third-order valence-electron chi connectivity index (χ3n) is 4.88. The summed E-state index contributed by atoms with van der Waals surface area (Å²) in [6.07, 6.45) is 1.26. The van der Waals surface area contributed by atoms with Crippen LogP contribution in [0.4, 0.5) is 0 Å². The van der Waals surface area contributed by atoms with E-state index in [1.807, 2.05) is 29.2 Å². The number of likely N-dealkylation sites (tertiary alicyclic amines) is 1. The highest BCUT2D eigenvalue weighted by molar-refractivity contribution is 5.80. The second-order valence-electron chi connectivity index (χ2n) is 6.76. The number of benzene rings is 1. The maximum atomic E-state index is 12.6. The van der Waals surface area contributed by atoms with E-state index in [4.69, 9.17) is 19.1 Å². The summed E-state index contributed by atoms with van der Waals surface area (Å²) >= 11 is 0. The third kappa shape index (κ3) is 3.59. The van der Waals surface area contributed by atoms with Crippen molar-refractivity contribution in [3.63, 3.8) is 0 Å². The summed E-state index contributed by atoms with van der Waals surface area (Å²) in [4.78, 5) is 14.4. The molecule has 1 atom stereocenters. The lowest BCUT2D eigenvalue weighted by molar-refractivity contribution is -0.135. The summed E-state index contributed by atoms with van der Waals surface area (Å²) in [6.45, 7) is 2.40. The van der Waals surface area contributed by atoms with Gasteiger partial charge >= 0.3 is 0 Å². The largest absolute Gasteiger partial charge is 0.488 e. The molecule has 3 heterocycles. The summed E-state index contributed by atoms with van der Waals surface area (Å²) in [5.74, 6) is 1.46. The number of aromatic nitrogens is 1. The van der Waals surface area contributed by atoms with E-state index >= 15 is 0 Å². The van der Waals surface area contributed by atoms with Gasteiger partial charge in [-0.1, -0.05) is 23.4 Å². The van der Waals surface area contributed by atoms with Crippen molar-refractivity contribution in [1.29, 1.82) is 0 Å². The second kappa shape index (κ2) is 7.47. The van der Waals surface area contributed by atoms with Crippen LogP contribution in [-0.4, -0.2) is 53.5 Å². The van der Waals surface area contributed by atoms with Gasteiger partial charge in [0.25, 0.3) is 0 Å². The summed E-state index contributed by atoms with van der Waals surface area (Å²) in [5.41, 5.74) is 1.69. The Kier molecular flexibility index (Phi) is 4.90. The first kappa shape index (κ1) is 17.1. The van der Waals surface area contributed by atoms with Crippen molar-refractivity contribution in [2.45, 2.75) is 31.5 Å². The number of ether oxygens (including phenoxy) is 2. The maximum absolute atomic E-state index is 12.6. The van der Waals surface area contributed by atoms with E-state index in [-0.39, 0.29) is 24.5 Å². The molecule has 7 heteroatoms. The average Bonchev–Trinajstić information content (AvgIpc) is 3.27. The number of hydrogen-bond donors (Lipinski definition) is 1. The number of aliphatic hydroxyl groups is 1. The van der Waals surface area contributed by atoms with E-state index in [0.29, 0.717) is 31.9 Å². The maximum Gasteiger partial charge on any atom is 0.227 e. The summed E-state index contributed by atoms with van der Waals surface area (Å²) in [7, 11) is 0. The molecule has 4 rings (SSSR count). The minimum Gasteiger partial charge on any atom is -0.488 e. The molecule has 7 nitrogen and oxygen atoms in total. The van der Waals surface area contributed by atoms with Crippen LogP contribution in [-0.2, 0) is 22.6 Å². The van der Waals surface area contributed by atoms with Crippen molar-refractivity contribution in [1.82, 2.24) is 10.1 Å². The predicted molar refractivity (Wildman–Crippen MR) is 91.7 cm³/mol. The highest BCUT2D eigenvalue weighted by Gasteiger charge is 2.34. The number of carbonyl (C=O) groups is 1. The summed E-state index contributed by atoms with van der Waals surface area (Å²) < 4.78 is 16.4. The molecule has 1 aromatic carbocycles. The minimum absolute atomic E-state index is 0.0625. The monoisotopic (exact) mass is 358 g/mol. The number of nitrogens with zero attached hydrogens (tertiary/aromatic N) is 2. The molecule has 1 amide bonds. The van der Waals surface area contributed by atoms with Gasteiger partial charge in [0.1, 0.15) is 18.5 Å². The van der Waals surface area contributed by atoms with Gasteiger partial charge in [-0.25, -0.2) is 0 Å². The Hall–Kier alpha value is -2.38. The van der Waals surface area contributed by atoms with Crippen LogP contribution >= 0.6 is 0 Å². The first-order valence-electron chi connectivity index (χ1n) is 8.89. The predicted octanol–water partition coefficient (Wildman–Crippen LogP) is 1.50. The van der Waals surface area contributed by atoms with Crippen LogP contribution in [0.25, 0.3) is 0 Å². The topological polar surface area (TPSA) is 85.0 Å². The third-order valence-corrected chi connectivity index (χ3v) is 4.88. The molecule has 0 spiro atoms. The Bertz CT molecular complexity index is 763. The van der Waals surface area contributed by atoms with Gasteiger partial charge in [-0.05, 0) is 6.07 Å². The van der Waals surface area contributed by atoms with Crippen LogP contribution in [0.15, 0.2) is 34.9 Å². The fraction of sp³-hybridized carbons (Fsp3) is 0.474. The van der Waals surface area contributed by atoms with Crippen molar-refractivity contribution < 1.29 is 23.9 Å². The minimum atomic E-state index is -0.162. The number of rotatable bonds is 6. The number of para-hydroxylation sites is 1. The lowest BCUT2D eigenvalue weighted by Crippen LogP contribution is -2.49. The molecule has 26 heavy (non-hydrogen) atoms. The lowest BCUT2D eigenvalue weighted by Gasteiger charge is -2.38. The van der Waals surface area contributed by atoms with E-state index in [1.165, 1.54) is 0 Å². The van der Waals surface area contributed by atoms with Gasteiger partial charge < -0.3 is 24.0 Å². The summed E-state index contributed by atoms with van der Waals surface area (Å²) in [6, 6.07) is 9.43. The van der Waals surface area contributed by atoms with Gasteiger partial charge in [0, 0.05) is 37.1 Å². The molecule has 1 N–H and O–H groups in total. The molecule has 138 valence electrons. The Morgan fingerprint density at radius 3 is 2.92 bits per heavy atom. The smallest absolute Gasteiger partial charge is 0.227 e. The molecule has 0 bridgehead atoms. The van der Waals surface area contributed by atoms with Crippen molar-refractivity contribution in [3.05, 3.63) is 47.3 Å². The zero-order chi connectivity index (χ0) is 17.9. The molecule has 2 aliphatic rings. The van der Waals surface area contributed by atoms with E-state index in [1.54, 1.807) is 6.07 Å². The fourth-order valence-electron chi connectivity index (χ4n) is 3.29. The van der Waals surface area contributed by atoms with Crippen LogP contribution in [0.5, 0.6) is 5.75 Å². The average molecular weight is 358 g/mol. The number of amides is 1. The van der Waals surface area contributed by atoms with Crippen molar-refractivity contribution in [2.24, 2.45) is 0 Å². The Morgan fingerprint density at radius 1 is 1.35 bits per heavy atom. The van der Waals surface area contributed by atoms with E-state index in [0.717, 1.165) is 30.0 Å². The molecule has 0 radical (unpaired) electrons. The van der Waals surface area contributed by atoms with Crippen molar-refractivity contribution in [2.75, 3.05) is 26.3 Å². The highest BCUT2D eigenvalue weighted by atomic mass is 16.5. The zero-order valence-electron chi connectivity index (χ0n) is 14.5. The molecule has 0 aliphatic carbocycles. The van der Waals surface area contributed by atoms with Gasteiger partial charge in [-0.15, -0.1) is 0 Å². The quantitative estimate of drug-likeness (QED) is 0.842. The van der Waals surface area contributed by atoms with Crippen LogP contribution in [0.3, 0.4) is 0 Å². The van der Waals surface area contributed by atoms with E-state index in [9.17, 15) is 4.79 Å². The molecule has 2 fully saturated rings. The molecular formula is C19H22N2O5. The molecule has 2 aromatic rings. The van der Waals surface area contributed by atoms with Gasteiger partial charge in [0.15, 0.2) is 5.76 Å². The highest BCUT2D eigenvalue weighted by Crippen LogP contribution is 2.29. The lowest BCUT2D eigenvalue weighted by atomic mass is 9.95. The van der Waals surface area contributed by atoms with Crippen LogP contribution in [0.1, 0.15) is 29.4 Å². The van der Waals surface area contributed by atoms with Crippen LogP contribution < -0.4 is 4.74 Å². The second-order valence-corrected chi connectivity index (χ2v) is 6.76. The Labute approximate surface area is 151 Å². The number of hydrogen-bond acceptors (Lipinski definition) is 6.